The number of carbonyl (C=O) groups excluding carboxylic acids is 2. The standard InChI is InChI=1S/C15H22N4O3/c1-22-11-4-5-13(12(16)9-11)18-14(20)3-2-7-19-8-6-17-15(21)10-19/h4-5,9H,2-3,6-8,10,16H2,1H3,(H,17,21)(H,18,20). The molecule has 7 nitrogen and oxygen atoms in total. The first kappa shape index (κ1) is 16.1. The van der Waals surface area contributed by atoms with Crippen molar-refractivity contribution in [1.82, 2.24) is 10.2 Å². The van der Waals surface area contributed by atoms with Crippen LogP contribution in [0.3, 0.4) is 0 Å². The van der Waals surface area contributed by atoms with Gasteiger partial charge in [0.2, 0.25) is 11.8 Å². The summed E-state index contributed by atoms with van der Waals surface area (Å²) in [5, 5.41) is 5.57. The minimum atomic E-state index is -0.0849. The molecule has 1 aliphatic heterocycles. The smallest absolute Gasteiger partial charge is 0.234 e. The lowest BCUT2D eigenvalue weighted by molar-refractivity contribution is -0.124. The highest BCUT2D eigenvalue weighted by molar-refractivity contribution is 5.94. The number of hydrogen-bond acceptors (Lipinski definition) is 5. The molecule has 2 amide bonds. The van der Waals surface area contributed by atoms with Gasteiger partial charge >= 0.3 is 0 Å². The summed E-state index contributed by atoms with van der Waals surface area (Å²) in [6, 6.07) is 5.14. The van der Waals surface area contributed by atoms with Gasteiger partial charge in [-0.2, -0.15) is 0 Å². The van der Waals surface area contributed by atoms with Crippen molar-refractivity contribution in [2.75, 3.05) is 44.3 Å². The molecule has 0 spiro atoms. The summed E-state index contributed by atoms with van der Waals surface area (Å²) < 4.78 is 5.06. The van der Waals surface area contributed by atoms with E-state index in [1.54, 1.807) is 25.3 Å². The van der Waals surface area contributed by atoms with Crippen LogP contribution < -0.4 is 21.1 Å². The Morgan fingerprint density at radius 1 is 1.50 bits per heavy atom. The van der Waals surface area contributed by atoms with Gasteiger partial charge in [0.05, 0.1) is 25.0 Å². The van der Waals surface area contributed by atoms with Crippen LogP contribution in [0.25, 0.3) is 0 Å². The van der Waals surface area contributed by atoms with Crippen molar-refractivity contribution >= 4 is 23.2 Å². The number of nitrogens with two attached hydrogens (primary N) is 1. The summed E-state index contributed by atoms with van der Waals surface area (Å²) in [6.07, 6.45) is 1.10. The highest BCUT2D eigenvalue weighted by Crippen LogP contribution is 2.24. The zero-order valence-electron chi connectivity index (χ0n) is 12.7. The van der Waals surface area contributed by atoms with Gasteiger partial charge in [0, 0.05) is 25.6 Å². The number of nitrogens with one attached hydrogen (secondary N) is 2. The Morgan fingerprint density at radius 2 is 2.32 bits per heavy atom. The van der Waals surface area contributed by atoms with Gasteiger partial charge in [-0.1, -0.05) is 0 Å². The first-order chi connectivity index (χ1) is 10.6. The molecule has 0 aromatic heterocycles. The summed E-state index contributed by atoms with van der Waals surface area (Å²) in [7, 11) is 1.56. The molecule has 0 unspecified atom stereocenters. The van der Waals surface area contributed by atoms with Crippen molar-refractivity contribution in [3.63, 3.8) is 0 Å². The van der Waals surface area contributed by atoms with Crippen LogP contribution in [0.5, 0.6) is 5.75 Å². The van der Waals surface area contributed by atoms with E-state index in [2.05, 4.69) is 10.6 Å². The van der Waals surface area contributed by atoms with Crippen LogP contribution >= 0.6 is 0 Å². The number of carbonyl (C=O) groups is 2. The van der Waals surface area contributed by atoms with E-state index in [0.29, 0.717) is 43.1 Å². The molecular weight excluding hydrogens is 284 g/mol. The molecule has 0 aliphatic carbocycles. The van der Waals surface area contributed by atoms with Crippen LogP contribution in [0.4, 0.5) is 11.4 Å². The quantitative estimate of drug-likeness (QED) is 0.662. The molecule has 1 heterocycles. The molecule has 2 rings (SSSR count). The number of piperazine rings is 1. The lowest BCUT2D eigenvalue weighted by Gasteiger charge is -2.26. The summed E-state index contributed by atoms with van der Waals surface area (Å²) in [5.74, 6) is 0.610. The summed E-state index contributed by atoms with van der Waals surface area (Å²) in [4.78, 5) is 25.2. The maximum Gasteiger partial charge on any atom is 0.234 e. The number of benzene rings is 1. The van der Waals surface area contributed by atoms with Crippen LogP contribution in [0.15, 0.2) is 18.2 Å². The molecule has 1 fully saturated rings. The Labute approximate surface area is 129 Å². The van der Waals surface area contributed by atoms with Crippen molar-refractivity contribution in [1.29, 1.82) is 0 Å². The van der Waals surface area contributed by atoms with E-state index in [1.807, 2.05) is 4.90 Å². The van der Waals surface area contributed by atoms with Crippen molar-refractivity contribution in [3.8, 4) is 5.75 Å². The van der Waals surface area contributed by atoms with Crippen molar-refractivity contribution in [2.24, 2.45) is 0 Å². The molecule has 120 valence electrons. The van der Waals surface area contributed by atoms with E-state index in [-0.39, 0.29) is 11.8 Å². The van der Waals surface area contributed by atoms with E-state index in [0.717, 1.165) is 13.1 Å². The maximum atomic E-state index is 11.9. The maximum absolute atomic E-state index is 11.9. The number of anilines is 2. The molecule has 0 atom stereocenters. The third-order valence-corrected chi connectivity index (χ3v) is 3.53. The number of amides is 2. The van der Waals surface area contributed by atoms with E-state index in [9.17, 15) is 9.59 Å². The average Bonchev–Trinajstić information content (AvgIpc) is 2.49. The second-order valence-corrected chi connectivity index (χ2v) is 5.23. The Morgan fingerprint density at radius 3 is 3.00 bits per heavy atom. The van der Waals surface area contributed by atoms with Gasteiger partial charge in [0.15, 0.2) is 0 Å². The first-order valence-electron chi connectivity index (χ1n) is 7.31. The van der Waals surface area contributed by atoms with E-state index in [4.69, 9.17) is 10.5 Å². The fourth-order valence-corrected chi connectivity index (χ4v) is 2.34. The number of ether oxygens (including phenoxy) is 1. The second kappa shape index (κ2) is 7.65. The minimum absolute atomic E-state index is 0.0432. The van der Waals surface area contributed by atoms with Gasteiger partial charge in [0.25, 0.3) is 0 Å². The number of nitrogen functional groups attached to an aromatic ring is 1. The fraction of sp³-hybridized carbons (Fsp3) is 0.467. The Bertz CT molecular complexity index is 548. The van der Waals surface area contributed by atoms with Crippen LogP contribution in [0.2, 0.25) is 0 Å². The largest absolute Gasteiger partial charge is 0.497 e. The van der Waals surface area contributed by atoms with Crippen molar-refractivity contribution < 1.29 is 14.3 Å². The Balaban J connectivity index is 1.74. The fourth-order valence-electron chi connectivity index (χ4n) is 2.34. The van der Waals surface area contributed by atoms with Gasteiger partial charge < -0.3 is 21.1 Å². The predicted octanol–water partition coefficient (Wildman–Crippen LogP) is 0.428. The summed E-state index contributed by atoms with van der Waals surface area (Å²) in [5.41, 5.74) is 6.92. The third kappa shape index (κ3) is 4.63. The number of hydrogen-bond donors (Lipinski definition) is 3. The molecule has 0 radical (unpaired) electrons. The van der Waals surface area contributed by atoms with Crippen LogP contribution in [0.1, 0.15) is 12.8 Å². The number of rotatable bonds is 6. The van der Waals surface area contributed by atoms with Crippen molar-refractivity contribution in [3.05, 3.63) is 18.2 Å². The molecule has 0 saturated carbocycles. The second-order valence-electron chi connectivity index (χ2n) is 5.23. The first-order valence-corrected chi connectivity index (χ1v) is 7.31. The van der Waals surface area contributed by atoms with Gasteiger partial charge in [0.1, 0.15) is 5.75 Å². The topological polar surface area (TPSA) is 96.7 Å². The van der Waals surface area contributed by atoms with E-state index >= 15 is 0 Å². The molecule has 0 bridgehead atoms. The highest BCUT2D eigenvalue weighted by atomic mass is 16.5. The summed E-state index contributed by atoms with van der Waals surface area (Å²) in [6.45, 7) is 2.65. The van der Waals surface area contributed by atoms with Crippen LogP contribution in [0, 0.1) is 0 Å². The SMILES string of the molecule is COc1ccc(NC(=O)CCCN2CCNC(=O)C2)c(N)c1. The molecule has 1 saturated heterocycles. The Kier molecular flexibility index (Phi) is 5.60. The Hall–Kier alpha value is -2.28. The minimum Gasteiger partial charge on any atom is -0.497 e. The highest BCUT2D eigenvalue weighted by Gasteiger charge is 2.15. The van der Waals surface area contributed by atoms with Crippen LogP contribution in [-0.2, 0) is 9.59 Å². The zero-order valence-corrected chi connectivity index (χ0v) is 12.7. The molecule has 1 aromatic rings. The number of nitrogens with zero attached hydrogens (tertiary/aromatic N) is 1. The lowest BCUT2D eigenvalue weighted by Crippen LogP contribution is -2.47. The molecular formula is C15H22N4O3. The van der Waals surface area contributed by atoms with Crippen molar-refractivity contribution in [2.45, 2.75) is 12.8 Å². The zero-order chi connectivity index (χ0) is 15.9. The van der Waals surface area contributed by atoms with Crippen LogP contribution in [-0.4, -0.2) is 50.0 Å². The van der Waals surface area contributed by atoms with E-state index in [1.165, 1.54) is 0 Å². The third-order valence-electron chi connectivity index (χ3n) is 3.53. The van der Waals surface area contributed by atoms with Gasteiger partial charge in [-0.3, -0.25) is 14.5 Å². The monoisotopic (exact) mass is 306 g/mol. The number of methoxy groups -OCH3 is 1. The van der Waals surface area contributed by atoms with Gasteiger partial charge in [-0.25, -0.2) is 0 Å². The lowest BCUT2D eigenvalue weighted by atomic mass is 10.2. The molecule has 4 N–H and O–H groups in total. The summed E-state index contributed by atoms with van der Waals surface area (Å²) >= 11 is 0. The van der Waals surface area contributed by atoms with E-state index < -0.39 is 0 Å². The average molecular weight is 306 g/mol. The normalized spacial score (nSPS) is 15.2. The molecule has 22 heavy (non-hydrogen) atoms. The molecule has 1 aromatic carbocycles. The molecule has 1 aliphatic rings. The van der Waals surface area contributed by atoms with Gasteiger partial charge in [-0.15, -0.1) is 0 Å². The van der Waals surface area contributed by atoms with Gasteiger partial charge in [-0.05, 0) is 25.1 Å². The predicted molar refractivity (Wildman–Crippen MR) is 84.7 cm³/mol. The molecule has 7 heteroatoms.